The van der Waals surface area contributed by atoms with Crippen molar-refractivity contribution in [2.75, 3.05) is 19.6 Å². The zero-order chi connectivity index (χ0) is 20.9. The molecule has 2 fully saturated rings. The van der Waals surface area contributed by atoms with E-state index in [0.717, 1.165) is 25.7 Å². The van der Waals surface area contributed by atoms with Gasteiger partial charge in [0.25, 0.3) is 5.91 Å². The van der Waals surface area contributed by atoms with Crippen LogP contribution in [0.5, 0.6) is 0 Å². The van der Waals surface area contributed by atoms with Crippen LogP contribution in [0.15, 0.2) is 24.5 Å². The van der Waals surface area contributed by atoms with Gasteiger partial charge in [-0.05, 0) is 38.3 Å². The lowest BCUT2D eigenvalue weighted by atomic mass is 9.96. The minimum absolute atomic E-state index is 0.0580. The van der Waals surface area contributed by atoms with Crippen molar-refractivity contribution >= 4 is 11.9 Å². The van der Waals surface area contributed by atoms with Gasteiger partial charge in [-0.25, -0.2) is 9.78 Å². The first-order valence-electron chi connectivity index (χ1n) is 10.8. The minimum atomic E-state index is -0.407. The number of pyridine rings is 1. The fraction of sp³-hybridized carbons (Fsp3) is 0.571. The highest BCUT2D eigenvalue weighted by Crippen LogP contribution is 2.25. The lowest BCUT2D eigenvalue weighted by Gasteiger charge is -2.31. The second-order valence-electron chi connectivity index (χ2n) is 8.11. The first kappa shape index (κ1) is 20.3. The average molecular weight is 412 g/mol. The van der Waals surface area contributed by atoms with Crippen LogP contribution < -0.4 is 5.32 Å². The minimum Gasteiger partial charge on any atom is -0.335 e. The van der Waals surface area contributed by atoms with Crippen LogP contribution >= 0.6 is 0 Å². The van der Waals surface area contributed by atoms with Crippen molar-refractivity contribution in [3.63, 3.8) is 0 Å². The number of aryl methyl sites for hydroxylation is 1. The summed E-state index contributed by atoms with van der Waals surface area (Å²) in [5, 5.41) is 10.4. The Bertz CT molecular complexity index is 863. The summed E-state index contributed by atoms with van der Waals surface area (Å²) in [5.74, 6) is 1.12. The molecule has 0 bridgehead atoms. The number of aromatic amines is 1. The van der Waals surface area contributed by atoms with Gasteiger partial charge in [0.05, 0.1) is 6.54 Å². The van der Waals surface area contributed by atoms with E-state index in [-0.39, 0.29) is 18.0 Å². The van der Waals surface area contributed by atoms with Crippen molar-refractivity contribution < 1.29 is 9.59 Å². The summed E-state index contributed by atoms with van der Waals surface area (Å²) in [6.45, 7) is 3.33. The molecular formula is C21H29N7O2. The van der Waals surface area contributed by atoms with Gasteiger partial charge in [-0.1, -0.05) is 19.3 Å². The number of H-pyrrole nitrogens is 1. The van der Waals surface area contributed by atoms with Gasteiger partial charge < -0.3 is 15.1 Å². The average Bonchev–Trinajstić information content (AvgIpc) is 3.08. The topological polar surface area (TPSA) is 107 Å². The van der Waals surface area contributed by atoms with Gasteiger partial charge in [0.2, 0.25) is 0 Å². The number of nitrogens with zero attached hydrogens (tertiary/aromatic N) is 5. The molecule has 2 aromatic rings. The van der Waals surface area contributed by atoms with Crippen molar-refractivity contribution in [1.82, 2.24) is 35.3 Å². The van der Waals surface area contributed by atoms with Gasteiger partial charge in [-0.3, -0.25) is 14.9 Å². The Morgan fingerprint density at radius 3 is 2.57 bits per heavy atom. The number of hydrogen-bond donors (Lipinski definition) is 2. The molecule has 1 aliphatic heterocycles. The molecule has 4 rings (SSSR count). The highest BCUT2D eigenvalue weighted by molar-refractivity contribution is 5.94. The molecule has 0 aromatic carbocycles. The van der Waals surface area contributed by atoms with Crippen LogP contribution in [0.1, 0.15) is 66.6 Å². The van der Waals surface area contributed by atoms with E-state index in [1.807, 2.05) is 11.8 Å². The van der Waals surface area contributed by atoms with Crippen molar-refractivity contribution in [1.29, 1.82) is 0 Å². The summed E-state index contributed by atoms with van der Waals surface area (Å²) in [6, 6.07) is 3.20. The molecule has 1 aliphatic carbocycles. The summed E-state index contributed by atoms with van der Waals surface area (Å²) in [6.07, 6.45) is 9.58. The zero-order valence-electron chi connectivity index (χ0n) is 17.4. The van der Waals surface area contributed by atoms with E-state index in [0.29, 0.717) is 43.3 Å². The van der Waals surface area contributed by atoms with Gasteiger partial charge in [0.15, 0.2) is 5.82 Å². The molecule has 0 radical (unpaired) electrons. The monoisotopic (exact) mass is 411 g/mol. The normalized spacial score (nSPS) is 20.6. The van der Waals surface area contributed by atoms with Crippen LogP contribution in [-0.2, 0) is 0 Å². The van der Waals surface area contributed by atoms with Crippen LogP contribution in [0.2, 0.25) is 0 Å². The Kier molecular flexibility index (Phi) is 6.25. The summed E-state index contributed by atoms with van der Waals surface area (Å²) in [5.41, 5.74) is 0.572. The molecule has 1 unspecified atom stereocenters. The van der Waals surface area contributed by atoms with Crippen LogP contribution in [0.25, 0.3) is 0 Å². The van der Waals surface area contributed by atoms with Gasteiger partial charge in [-0.2, -0.15) is 5.10 Å². The molecule has 3 amide bonds. The van der Waals surface area contributed by atoms with Crippen molar-refractivity contribution in [3.05, 3.63) is 41.7 Å². The van der Waals surface area contributed by atoms with E-state index >= 15 is 0 Å². The third-order valence-electron chi connectivity index (χ3n) is 5.92. The standard InChI is InChI=1S/C21H29N7O2/c1-15-23-19(26-25-15)18-14-27(21(30)24-17-6-3-2-4-7-17)12-5-13-28(18)20(29)16-8-10-22-11-9-16/h8-11,17-18H,2-7,12-14H2,1H3,(H,24,30)(H,23,25,26). The number of carbonyl (C=O) groups is 2. The SMILES string of the molecule is Cc1nc(C2CN(C(=O)NC3CCCCC3)CCCN2C(=O)c2ccncc2)n[nH]1. The van der Waals surface area contributed by atoms with E-state index in [9.17, 15) is 9.59 Å². The molecule has 30 heavy (non-hydrogen) atoms. The van der Waals surface area contributed by atoms with E-state index in [1.165, 1.54) is 6.42 Å². The van der Waals surface area contributed by atoms with Crippen LogP contribution in [0.3, 0.4) is 0 Å². The van der Waals surface area contributed by atoms with Gasteiger partial charge >= 0.3 is 6.03 Å². The van der Waals surface area contributed by atoms with E-state index in [4.69, 9.17) is 0 Å². The van der Waals surface area contributed by atoms with E-state index in [2.05, 4.69) is 25.5 Å². The molecule has 9 nitrogen and oxygen atoms in total. The maximum absolute atomic E-state index is 13.2. The molecule has 9 heteroatoms. The Hall–Kier alpha value is -2.97. The Balaban J connectivity index is 1.55. The molecule has 1 saturated carbocycles. The lowest BCUT2D eigenvalue weighted by Crippen LogP contribution is -2.47. The number of amides is 3. The largest absolute Gasteiger partial charge is 0.335 e. The second kappa shape index (κ2) is 9.23. The van der Waals surface area contributed by atoms with Crippen molar-refractivity contribution in [2.45, 2.75) is 57.5 Å². The fourth-order valence-corrected chi connectivity index (χ4v) is 4.32. The Morgan fingerprint density at radius 1 is 1.10 bits per heavy atom. The fourth-order valence-electron chi connectivity index (χ4n) is 4.32. The maximum atomic E-state index is 13.2. The number of nitrogens with one attached hydrogen (secondary N) is 2. The first-order valence-corrected chi connectivity index (χ1v) is 10.8. The summed E-state index contributed by atoms with van der Waals surface area (Å²) in [4.78, 5) is 38.3. The van der Waals surface area contributed by atoms with Crippen LogP contribution in [0, 0.1) is 6.92 Å². The summed E-state index contributed by atoms with van der Waals surface area (Å²) >= 11 is 0. The molecule has 160 valence electrons. The van der Waals surface area contributed by atoms with Crippen molar-refractivity contribution in [2.24, 2.45) is 0 Å². The molecule has 2 aliphatic rings. The molecule has 2 N–H and O–H groups in total. The van der Waals surface area contributed by atoms with E-state index in [1.54, 1.807) is 29.4 Å². The number of rotatable bonds is 3. The van der Waals surface area contributed by atoms with Crippen LogP contribution in [-0.4, -0.2) is 67.6 Å². The maximum Gasteiger partial charge on any atom is 0.317 e. The van der Waals surface area contributed by atoms with Gasteiger partial charge in [0, 0.05) is 37.1 Å². The second-order valence-corrected chi connectivity index (χ2v) is 8.11. The summed E-state index contributed by atoms with van der Waals surface area (Å²) < 4.78 is 0. The lowest BCUT2D eigenvalue weighted by molar-refractivity contribution is 0.0669. The number of hydrogen-bond acceptors (Lipinski definition) is 5. The molecular weight excluding hydrogens is 382 g/mol. The highest BCUT2D eigenvalue weighted by atomic mass is 16.2. The van der Waals surface area contributed by atoms with Crippen LogP contribution in [0.4, 0.5) is 4.79 Å². The van der Waals surface area contributed by atoms with E-state index < -0.39 is 6.04 Å². The highest BCUT2D eigenvalue weighted by Gasteiger charge is 2.34. The third kappa shape index (κ3) is 4.60. The number of aromatic nitrogens is 4. The molecule has 2 aromatic heterocycles. The molecule has 1 atom stereocenters. The number of carbonyl (C=O) groups excluding carboxylic acids is 2. The molecule has 1 saturated heterocycles. The van der Waals surface area contributed by atoms with Crippen molar-refractivity contribution in [3.8, 4) is 0 Å². The quantitative estimate of drug-likeness (QED) is 0.807. The molecule has 0 spiro atoms. The first-order chi connectivity index (χ1) is 14.6. The zero-order valence-corrected chi connectivity index (χ0v) is 17.4. The van der Waals surface area contributed by atoms with Gasteiger partial charge in [0.1, 0.15) is 11.9 Å². The predicted octanol–water partition coefficient (Wildman–Crippen LogP) is 2.44. The Labute approximate surface area is 176 Å². The predicted molar refractivity (Wildman–Crippen MR) is 111 cm³/mol. The summed E-state index contributed by atoms with van der Waals surface area (Å²) in [7, 11) is 0. The smallest absolute Gasteiger partial charge is 0.317 e. The third-order valence-corrected chi connectivity index (χ3v) is 5.92. The number of urea groups is 1. The Morgan fingerprint density at radius 2 is 1.87 bits per heavy atom. The molecule has 3 heterocycles. The van der Waals surface area contributed by atoms with Gasteiger partial charge in [-0.15, -0.1) is 0 Å².